The van der Waals surface area contributed by atoms with Crippen molar-refractivity contribution in [1.82, 2.24) is 0 Å². The fraction of sp³-hybridized carbons (Fsp3) is 0.364. The van der Waals surface area contributed by atoms with E-state index in [1.54, 1.807) is 37.3 Å². The highest BCUT2D eigenvalue weighted by molar-refractivity contribution is 7.80. The third-order valence-corrected chi connectivity index (χ3v) is 2.13. The van der Waals surface area contributed by atoms with Crippen LogP contribution in [0.15, 0.2) is 30.3 Å². The number of benzene rings is 1. The van der Waals surface area contributed by atoms with Gasteiger partial charge < -0.3 is 10.8 Å². The van der Waals surface area contributed by atoms with Gasteiger partial charge >= 0.3 is 16.4 Å². The van der Waals surface area contributed by atoms with Crippen molar-refractivity contribution < 1.29 is 27.1 Å². The first-order valence-corrected chi connectivity index (χ1v) is 6.70. The van der Waals surface area contributed by atoms with Gasteiger partial charge in [-0.3, -0.25) is 9.35 Å². The summed E-state index contributed by atoms with van der Waals surface area (Å²) >= 11 is 0. The first kappa shape index (κ1) is 17.5. The molecular weight excluding hydrogens is 274 g/mol. The predicted octanol–water partition coefficient (Wildman–Crippen LogP) is 0.814. The van der Waals surface area contributed by atoms with Crippen LogP contribution in [0.5, 0.6) is 0 Å². The Bertz CT molecular complexity index is 471. The molecule has 8 heteroatoms. The first-order chi connectivity index (χ1) is 8.70. The Kier molecular flexibility index (Phi) is 7.92. The maximum atomic E-state index is 10.1. The molecule has 0 bridgehead atoms. The second-order valence-corrected chi connectivity index (χ2v) is 4.84. The number of hydrogen-bond donors (Lipinski definition) is 3. The molecular formula is C11H17NO6S. The Labute approximate surface area is 112 Å². The lowest BCUT2D eigenvalue weighted by molar-refractivity contribution is -0.137. The highest BCUT2D eigenvalue weighted by Crippen LogP contribution is 2.01. The molecule has 0 aliphatic carbocycles. The molecule has 0 spiro atoms. The van der Waals surface area contributed by atoms with Crippen LogP contribution in [0, 0.1) is 0 Å². The van der Waals surface area contributed by atoms with Crippen molar-refractivity contribution in [3.63, 3.8) is 0 Å². The highest BCUT2D eigenvalue weighted by Gasteiger charge is 2.03. The molecule has 1 rings (SSSR count). The fourth-order valence-electron chi connectivity index (χ4n) is 0.992. The lowest BCUT2D eigenvalue weighted by Gasteiger charge is -1.98. The maximum absolute atomic E-state index is 10.1. The first-order valence-electron chi connectivity index (χ1n) is 5.34. The Balaban J connectivity index is 0.000000399. The molecule has 19 heavy (non-hydrogen) atoms. The third kappa shape index (κ3) is 12.8. The van der Waals surface area contributed by atoms with Crippen molar-refractivity contribution in [2.75, 3.05) is 0 Å². The summed E-state index contributed by atoms with van der Waals surface area (Å²) in [6, 6.07) is 8.48. The van der Waals surface area contributed by atoms with Crippen molar-refractivity contribution >= 4 is 16.4 Å². The zero-order valence-corrected chi connectivity index (χ0v) is 11.2. The summed E-state index contributed by atoms with van der Waals surface area (Å²) in [6.45, 7) is 1.52. The van der Waals surface area contributed by atoms with Gasteiger partial charge in [0, 0.05) is 6.04 Å². The van der Waals surface area contributed by atoms with Crippen LogP contribution in [0.1, 0.15) is 18.9 Å². The molecule has 0 aromatic heterocycles. The van der Waals surface area contributed by atoms with E-state index in [2.05, 4.69) is 4.18 Å². The Morgan fingerprint density at radius 1 is 1.37 bits per heavy atom. The van der Waals surface area contributed by atoms with E-state index in [9.17, 15) is 13.2 Å². The minimum absolute atomic E-state index is 0.0556. The van der Waals surface area contributed by atoms with Crippen LogP contribution in [-0.2, 0) is 26.0 Å². The van der Waals surface area contributed by atoms with E-state index in [0.717, 1.165) is 0 Å². The Hall–Kier alpha value is -1.48. The number of aliphatic carboxylic acids is 1. The normalized spacial score (nSPS) is 12.2. The van der Waals surface area contributed by atoms with Gasteiger partial charge in [-0.1, -0.05) is 30.3 Å². The van der Waals surface area contributed by atoms with E-state index in [1.165, 1.54) is 0 Å². The van der Waals surface area contributed by atoms with Crippen molar-refractivity contribution in [3.8, 4) is 0 Å². The summed E-state index contributed by atoms with van der Waals surface area (Å²) in [5, 5.41) is 8.00. The van der Waals surface area contributed by atoms with E-state index in [1.807, 2.05) is 0 Å². The topological polar surface area (TPSA) is 127 Å². The second-order valence-electron chi connectivity index (χ2n) is 3.75. The van der Waals surface area contributed by atoms with Gasteiger partial charge in [0.1, 0.15) is 0 Å². The van der Waals surface area contributed by atoms with Gasteiger partial charge in [0.2, 0.25) is 0 Å². The van der Waals surface area contributed by atoms with Crippen molar-refractivity contribution in [2.24, 2.45) is 5.73 Å². The SMILES string of the molecule is C[C@@H](N)CC(=O)O.O=S(=O)(O)OCc1ccccc1. The summed E-state index contributed by atoms with van der Waals surface area (Å²) in [7, 11) is -4.32. The van der Waals surface area contributed by atoms with Gasteiger partial charge in [-0.2, -0.15) is 8.42 Å². The molecule has 4 N–H and O–H groups in total. The molecule has 0 unspecified atom stereocenters. The molecule has 0 amide bonds. The number of rotatable bonds is 5. The van der Waals surface area contributed by atoms with Crippen molar-refractivity contribution in [1.29, 1.82) is 0 Å². The van der Waals surface area contributed by atoms with Crippen LogP contribution in [0.2, 0.25) is 0 Å². The van der Waals surface area contributed by atoms with Gasteiger partial charge in [-0.05, 0) is 12.5 Å². The fourth-order valence-corrected chi connectivity index (χ4v) is 1.28. The summed E-state index contributed by atoms with van der Waals surface area (Å²) in [5.41, 5.74) is 5.80. The van der Waals surface area contributed by atoms with Gasteiger partial charge in [0.15, 0.2) is 0 Å². The average molecular weight is 291 g/mol. The summed E-state index contributed by atoms with van der Waals surface area (Å²) in [5.74, 6) is -0.838. The minimum Gasteiger partial charge on any atom is -0.481 e. The second kappa shape index (κ2) is 8.59. The van der Waals surface area contributed by atoms with E-state index in [-0.39, 0.29) is 19.1 Å². The largest absolute Gasteiger partial charge is 0.481 e. The highest BCUT2D eigenvalue weighted by atomic mass is 32.3. The molecule has 7 nitrogen and oxygen atoms in total. The van der Waals surface area contributed by atoms with E-state index in [4.69, 9.17) is 15.4 Å². The van der Waals surface area contributed by atoms with Crippen LogP contribution in [0.25, 0.3) is 0 Å². The van der Waals surface area contributed by atoms with Crippen LogP contribution in [0.3, 0.4) is 0 Å². The lowest BCUT2D eigenvalue weighted by Crippen LogP contribution is -2.18. The molecule has 1 aromatic carbocycles. The lowest BCUT2D eigenvalue weighted by atomic mass is 10.2. The van der Waals surface area contributed by atoms with Gasteiger partial charge in [0.25, 0.3) is 0 Å². The van der Waals surface area contributed by atoms with E-state index >= 15 is 0 Å². The predicted molar refractivity (Wildman–Crippen MR) is 68.7 cm³/mol. The summed E-state index contributed by atoms with van der Waals surface area (Å²) in [6.07, 6.45) is 0.0556. The van der Waals surface area contributed by atoms with Crippen molar-refractivity contribution in [3.05, 3.63) is 35.9 Å². The Morgan fingerprint density at radius 3 is 2.21 bits per heavy atom. The van der Waals surface area contributed by atoms with Gasteiger partial charge in [-0.15, -0.1) is 0 Å². The van der Waals surface area contributed by atoms with Crippen LogP contribution >= 0.6 is 0 Å². The molecule has 0 aliphatic rings. The zero-order valence-electron chi connectivity index (χ0n) is 10.4. The van der Waals surface area contributed by atoms with E-state index in [0.29, 0.717) is 5.56 Å². The molecule has 0 heterocycles. The number of nitrogens with two attached hydrogens (primary N) is 1. The molecule has 1 aromatic rings. The molecule has 0 fully saturated rings. The molecule has 0 aliphatic heterocycles. The number of hydrogen-bond acceptors (Lipinski definition) is 5. The quantitative estimate of drug-likeness (QED) is 0.685. The molecule has 1 atom stereocenters. The number of carbonyl (C=O) groups is 1. The molecule has 0 saturated heterocycles. The van der Waals surface area contributed by atoms with Crippen LogP contribution in [-0.4, -0.2) is 30.1 Å². The average Bonchev–Trinajstić information content (AvgIpc) is 2.26. The smallest absolute Gasteiger partial charge is 0.397 e. The molecule has 0 saturated carbocycles. The van der Waals surface area contributed by atoms with Gasteiger partial charge in [0.05, 0.1) is 13.0 Å². The third-order valence-electron chi connectivity index (χ3n) is 1.71. The summed E-state index contributed by atoms with van der Waals surface area (Å²) < 4.78 is 32.6. The maximum Gasteiger partial charge on any atom is 0.397 e. The van der Waals surface area contributed by atoms with Gasteiger partial charge in [-0.25, -0.2) is 4.18 Å². The Morgan fingerprint density at radius 2 is 1.89 bits per heavy atom. The molecule has 0 radical (unpaired) electrons. The monoisotopic (exact) mass is 291 g/mol. The zero-order chi connectivity index (χ0) is 14.9. The molecule has 108 valence electrons. The summed E-state index contributed by atoms with van der Waals surface area (Å²) in [4.78, 5) is 9.73. The number of carboxylic acid groups (broad SMARTS) is 1. The van der Waals surface area contributed by atoms with Crippen molar-refractivity contribution in [2.45, 2.75) is 26.0 Å². The standard InChI is InChI=1S/C7H8O4S.C4H9NO2/c8-12(9,10)11-6-7-4-2-1-3-5-7;1-3(5)2-4(6)7/h1-5H,6H2,(H,8,9,10);3H,2,5H2,1H3,(H,6,7)/t;3-/m.1/s1. The van der Waals surface area contributed by atoms with Crippen LogP contribution < -0.4 is 5.73 Å². The van der Waals surface area contributed by atoms with E-state index < -0.39 is 16.4 Å². The van der Waals surface area contributed by atoms with Crippen LogP contribution in [0.4, 0.5) is 0 Å². The number of carboxylic acids is 1. The minimum atomic E-state index is -4.32.